The van der Waals surface area contributed by atoms with Gasteiger partial charge < -0.3 is 19.5 Å². The molecule has 1 aliphatic heterocycles. The van der Waals surface area contributed by atoms with E-state index in [9.17, 15) is 0 Å². The normalized spacial score (nSPS) is 20.0. The Morgan fingerprint density at radius 1 is 1.48 bits per heavy atom. The van der Waals surface area contributed by atoms with Gasteiger partial charge in [-0.15, -0.1) is 0 Å². The fraction of sp³-hybridized carbons (Fsp3) is 0.765. The van der Waals surface area contributed by atoms with Crippen molar-refractivity contribution in [1.29, 1.82) is 0 Å². The summed E-state index contributed by atoms with van der Waals surface area (Å²) in [4.78, 5) is 4.90. The highest BCUT2D eigenvalue weighted by atomic mass is 16.3. The Morgan fingerprint density at radius 3 is 2.86 bits per heavy atom. The summed E-state index contributed by atoms with van der Waals surface area (Å²) in [5.74, 6) is 2.10. The number of hydrogen-bond donors (Lipinski definition) is 1. The molecule has 1 aromatic heterocycles. The Kier molecular flexibility index (Phi) is 5.85. The van der Waals surface area contributed by atoms with Gasteiger partial charge in [-0.25, -0.2) is 0 Å². The second kappa shape index (κ2) is 7.43. The summed E-state index contributed by atoms with van der Waals surface area (Å²) in [6, 6.07) is 3.41. The molecule has 4 nitrogen and oxygen atoms in total. The van der Waals surface area contributed by atoms with Crippen molar-refractivity contribution in [3.05, 3.63) is 23.2 Å². The molecule has 0 radical (unpaired) electrons. The fourth-order valence-corrected chi connectivity index (χ4v) is 3.06. The van der Waals surface area contributed by atoms with E-state index < -0.39 is 0 Å². The molecule has 0 saturated carbocycles. The zero-order chi connectivity index (χ0) is 15.4. The van der Waals surface area contributed by atoms with Crippen LogP contribution in [0.3, 0.4) is 0 Å². The van der Waals surface area contributed by atoms with Crippen molar-refractivity contribution in [2.75, 3.05) is 27.2 Å². The lowest BCUT2D eigenvalue weighted by Crippen LogP contribution is -2.36. The third-order valence-corrected chi connectivity index (χ3v) is 4.39. The zero-order valence-corrected chi connectivity index (χ0v) is 14.3. The first-order valence-corrected chi connectivity index (χ1v) is 8.16. The Balaban J connectivity index is 1.86. The van der Waals surface area contributed by atoms with E-state index in [4.69, 9.17) is 4.42 Å². The highest BCUT2D eigenvalue weighted by Gasteiger charge is 2.22. The van der Waals surface area contributed by atoms with E-state index in [0.717, 1.165) is 31.2 Å². The van der Waals surface area contributed by atoms with Crippen molar-refractivity contribution < 1.29 is 4.42 Å². The standard InChI is InChI=1S/C17H31N3O/c1-13(2)18-10-17-9-15(14(3)21-17)11-19(4)12-16-7-6-8-20(16)5/h9,13,16,18H,6-8,10-12H2,1-5H3. The van der Waals surface area contributed by atoms with Crippen LogP contribution in [0.15, 0.2) is 10.5 Å². The van der Waals surface area contributed by atoms with Gasteiger partial charge in [0, 0.05) is 30.7 Å². The number of aryl methyl sites for hydroxylation is 1. The lowest BCUT2D eigenvalue weighted by molar-refractivity contribution is 0.215. The third-order valence-electron chi connectivity index (χ3n) is 4.39. The van der Waals surface area contributed by atoms with E-state index in [1.807, 2.05) is 0 Å². The molecular formula is C17H31N3O. The van der Waals surface area contributed by atoms with Crippen LogP contribution in [0.4, 0.5) is 0 Å². The van der Waals surface area contributed by atoms with Gasteiger partial charge in [-0.2, -0.15) is 0 Å². The number of hydrogen-bond acceptors (Lipinski definition) is 4. The van der Waals surface area contributed by atoms with Crippen LogP contribution in [-0.4, -0.2) is 49.1 Å². The first-order valence-electron chi connectivity index (χ1n) is 8.16. The molecule has 0 spiro atoms. The largest absolute Gasteiger partial charge is 0.465 e. The maximum absolute atomic E-state index is 5.86. The maximum Gasteiger partial charge on any atom is 0.118 e. The molecule has 0 amide bonds. The molecule has 1 saturated heterocycles. The van der Waals surface area contributed by atoms with Crippen molar-refractivity contribution in [2.24, 2.45) is 0 Å². The number of rotatable bonds is 7. The average molecular weight is 293 g/mol. The van der Waals surface area contributed by atoms with Gasteiger partial charge in [0.2, 0.25) is 0 Å². The minimum atomic E-state index is 0.486. The molecule has 1 aliphatic rings. The van der Waals surface area contributed by atoms with Crippen molar-refractivity contribution in [3.63, 3.8) is 0 Å². The summed E-state index contributed by atoms with van der Waals surface area (Å²) < 4.78 is 5.86. The van der Waals surface area contributed by atoms with Crippen LogP contribution in [0.1, 0.15) is 43.8 Å². The lowest BCUT2D eigenvalue weighted by Gasteiger charge is -2.25. The second-order valence-electron chi connectivity index (χ2n) is 6.80. The van der Waals surface area contributed by atoms with Gasteiger partial charge in [0.25, 0.3) is 0 Å². The van der Waals surface area contributed by atoms with Crippen LogP contribution >= 0.6 is 0 Å². The highest BCUT2D eigenvalue weighted by molar-refractivity contribution is 5.20. The molecular weight excluding hydrogens is 262 g/mol. The predicted molar refractivity (Wildman–Crippen MR) is 87.4 cm³/mol. The quantitative estimate of drug-likeness (QED) is 0.837. The number of likely N-dealkylation sites (tertiary alicyclic amines) is 1. The summed E-state index contributed by atoms with van der Waals surface area (Å²) in [6.07, 6.45) is 2.67. The van der Waals surface area contributed by atoms with Gasteiger partial charge in [-0.3, -0.25) is 0 Å². The van der Waals surface area contributed by atoms with E-state index >= 15 is 0 Å². The summed E-state index contributed by atoms with van der Waals surface area (Å²) >= 11 is 0. The zero-order valence-electron chi connectivity index (χ0n) is 14.3. The third kappa shape index (κ3) is 4.83. The van der Waals surface area contributed by atoms with Crippen molar-refractivity contribution in [1.82, 2.24) is 15.1 Å². The Hall–Kier alpha value is -0.840. The van der Waals surface area contributed by atoms with E-state index in [-0.39, 0.29) is 0 Å². The maximum atomic E-state index is 5.86. The summed E-state index contributed by atoms with van der Waals surface area (Å²) in [6.45, 7) is 10.6. The van der Waals surface area contributed by atoms with Gasteiger partial charge in [0.1, 0.15) is 11.5 Å². The van der Waals surface area contributed by atoms with Crippen molar-refractivity contribution >= 4 is 0 Å². The van der Waals surface area contributed by atoms with E-state index in [0.29, 0.717) is 12.1 Å². The number of nitrogens with one attached hydrogen (secondary N) is 1. The van der Waals surface area contributed by atoms with E-state index in [1.165, 1.54) is 24.9 Å². The Morgan fingerprint density at radius 2 is 2.24 bits per heavy atom. The van der Waals surface area contributed by atoms with Gasteiger partial charge in [-0.1, -0.05) is 13.8 Å². The fourth-order valence-electron chi connectivity index (χ4n) is 3.06. The topological polar surface area (TPSA) is 31.7 Å². The predicted octanol–water partition coefficient (Wildman–Crippen LogP) is 2.61. The molecule has 120 valence electrons. The molecule has 1 fully saturated rings. The van der Waals surface area contributed by atoms with Crippen LogP contribution in [0, 0.1) is 6.92 Å². The molecule has 21 heavy (non-hydrogen) atoms. The smallest absolute Gasteiger partial charge is 0.118 e. The van der Waals surface area contributed by atoms with Crippen LogP contribution in [0.2, 0.25) is 0 Å². The van der Waals surface area contributed by atoms with Gasteiger partial charge in [0.05, 0.1) is 6.54 Å². The molecule has 2 heterocycles. The van der Waals surface area contributed by atoms with Crippen molar-refractivity contribution in [2.45, 2.75) is 58.8 Å². The summed E-state index contributed by atoms with van der Waals surface area (Å²) in [5.41, 5.74) is 1.32. The van der Waals surface area contributed by atoms with E-state index in [1.54, 1.807) is 0 Å². The van der Waals surface area contributed by atoms with Crippen LogP contribution in [0.5, 0.6) is 0 Å². The average Bonchev–Trinajstić information content (AvgIpc) is 2.95. The molecule has 1 atom stereocenters. The number of nitrogens with zero attached hydrogens (tertiary/aromatic N) is 2. The molecule has 1 unspecified atom stereocenters. The lowest BCUT2D eigenvalue weighted by atomic mass is 10.2. The second-order valence-corrected chi connectivity index (χ2v) is 6.80. The van der Waals surface area contributed by atoms with Gasteiger partial charge in [-0.05, 0) is 46.5 Å². The monoisotopic (exact) mass is 293 g/mol. The van der Waals surface area contributed by atoms with Gasteiger partial charge >= 0.3 is 0 Å². The molecule has 4 heteroatoms. The molecule has 2 rings (SSSR count). The van der Waals surface area contributed by atoms with Gasteiger partial charge in [0.15, 0.2) is 0 Å². The summed E-state index contributed by atoms with van der Waals surface area (Å²) in [5, 5.41) is 3.41. The Labute approximate surface area is 129 Å². The molecule has 1 N–H and O–H groups in total. The molecule has 0 bridgehead atoms. The van der Waals surface area contributed by atoms with E-state index in [2.05, 4.69) is 56.0 Å². The SMILES string of the molecule is Cc1oc(CNC(C)C)cc1CN(C)CC1CCCN1C. The minimum Gasteiger partial charge on any atom is -0.465 e. The number of furan rings is 1. The molecule has 0 aromatic carbocycles. The highest BCUT2D eigenvalue weighted by Crippen LogP contribution is 2.19. The minimum absolute atomic E-state index is 0.486. The van der Waals surface area contributed by atoms with Crippen LogP contribution < -0.4 is 5.32 Å². The Bertz CT molecular complexity index is 441. The first kappa shape index (κ1) is 16.5. The van der Waals surface area contributed by atoms with Crippen molar-refractivity contribution in [3.8, 4) is 0 Å². The first-order chi connectivity index (χ1) is 9.95. The molecule has 1 aromatic rings. The van der Waals surface area contributed by atoms with Crippen LogP contribution in [-0.2, 0) is 13.1 Å². The summed E-state index contributed by atoms with van der Waals surface area (Å²) in [7, 11) is 4.45. The van der Waals surface area contributed by atoms with Crippen LogP contribution in [0.25, 0.3) is 0 Å². The molecule has 0 aliphatic carbocycles. The number of likely N-dealkylation sites (N-methyl/N-ethyl adjacent to an activating group) is 2.